The van der Waals surface area contributed by atoms with Crippen molar-refractivity contribution in [3.63, 3.8) is 0 Å². The monoisotopic (exact) mass is 453 g/mol. The van der Waals surface area contributed by atoms with Crippen molar-refractivity contribution >= 4 is 22.8 Å². The summed E-state index contributed by atoms with van der Waals surface area (Å²) in [6.45, 7) is 3.09. The number of carbonyl (C=O) groups excluding carboxylic acids is 1. The van der Waals surface area contributed by atoms with E-state index in [0.717, 1.165) is 34.0 Å². The molecule has 3 N–H and O–H groups in total. The van der Waals surface area contributed by atoms with E-state index in [1.807, 2.05) is 24.4 Å². The number of rotatable bonds is 10. The number of aliphatic hydroxyl groups excluding tert-OH is 1. The van der Waals surface area contributed by atoms with Gasteiger partial charge in [0.1, 0.15) is 5.75 Å². The highest BCUT2D eigenvalue weighted by Crippen LogP contribution is 2.29. The highest BCUT2D eigenvalue weighted by Gasteiger charge is 2.35. The molecule has 0 bridgehead atoms. The Morgan fingerprint density at radius 1 is 1.09 bits per heavy atom. The van der Waals surface area contributed by atoms with E-state index < -0.39 is 23.5 Å². The van der Waals surface area contributed by atoms with Crippen molar-refractivity contribution in [3.05, 3.63) is 64.8 Å². The molecule has 0 fully saturated rings. The molecule has 1 aromatic heterocycles. The van der Waals surface area contributed by atoms with Gasteiger partial charge < -0.3 is 24.7 Å². The van der Waals surface area contributed by atoms with Crippen LogP contribution in [0.2, 0.25) is 0 Å². The zero-order chi connectivity index (χ0) is 24.2. The fourth-order valence-electron chi connectivity index (χ4n) is 3.87. The Morgan fingerprint density at radius 2 is 1.85 bits per heavy atom. The first kappa shape index (κ1) is 24.3. The van der Waals surface area contributed by atoms with Gasteiger partial charge in [-0.05, 0) is 74.1 Å². The van der Waals surface area contributed by atoms with E-state index >= 15 is 0 Å². The van der Waals surface area contributed by atoms with Crippen LogP contribution < -0.4 is 4.74 Å². The predicted molar refractivity (Wildman–Crippen MR) is 126 cm³/mol. The van der Waals surface area contributed by atoms with Crippen molar-refractivity contribution in [2.24, 2.45) is 5.41 Å². The van der Waals surface area contributed by atoms with Gasteiger partial charge in [0, 0.05) is 23.5 Å². The molecule has 2 aromatic carbocycles. The molecule has 0 amide bonds. The quantitative estimate of drug-likeness (QED) is 0.394. The van der Waals surface area contributed by atoms with Crippen LogP contribution in [0.4, 0.5) is 0 Å². The Kier molecular flexibility index (Phi) is 7.43. The SMILES string of the molecule is COC(=O)c1ccc(Cc2c[nH]c3ccc(CCCC(O)C(C)(C)C(=O)O)cc23)c(OC)c1. The van der Waals surface area contributed by atoms with Crippen molar-refractivity contribution in [3.8, 4) is 5.75 Å². The smallest absolute Gasteiger partial charge is 0.337 e. The number of carboxylic acid groups (broad SMARTS) is 1. The van der Waals surface area contributed by atoms with Crippen LogP contribution in [0, 0.1) is 5.41 Å². The lowest BCUT2D eigenvalue weighted by Crippen LogP contribution is -2.37. The lowest BCUT2D eigenvalue weighted by Gasteiger charge is -2.25. The number of hydrogen-bond acceptors (Lipinski definition) is 5. The topological polar surface area (TPSA) is 109 Å². The minimum Gasteiger partial charge on any atom is -0.496 e. The number of nitrogens with one attached hydrogen (secondary N) is 1. The first-order valence-corrected chi connectivity index (χ1v) is 10.9. The molecule has 0 aliphatic rings. The summed E-state index contributed by atoms with van der Waals surface area (Å²) in [5.74, 6) is -0.782. The number of aromatic amines is 1. The number of aliphatic carboxylic acids is 1. The maximum atomic E-state index is 11.8. The van der Waals surface area contributed by atoms with Crippen LogP contribution in [0.25, 0.3) is 10.9 Å². The summed E-state index contributed by atoms with van der Waals surface area (Å²) < 4.78 is 10.3. The van der Waals surface area contributed by atoms with E-state index in [1.165, 1.54) is 7.11 Å². The zero-order valence-corrected chi connectivity index (χ0v) is 19.5. The van der Waals surface area contributed by atoms with Gasteiger partial charge in [-0.2, -0.15) is 0 Å². The maximum Gasteiger partial charge on any atom is 0.337 e. The summed E-state index contributed by atoms with van der Waals surface area (Å²) in [5.41, 5.74) is 3.47. The lowest BCUT2D eigenvalue weighted by molar-refractivity contribution is -0.153. The number of ether oxygens (including phenoxy) is 2. The summed E-state index contributed by atoms with van der Waals surface area (Å²) in [6.07, 6.45) is 3.54. The number of aliphatic hydroxyl groups is 1. The van der Waals surface area contributed by atoms with Gasteiger partial charge in [0.25, 0.3) is 0 Å². The number of hydrogen-bond donors (Lipinski definition) is 3. The Hall–Kier alpha value is -3.32. The van der Waals surface area contributed by atoms with Gasteiger partial charge in [-0.25, -0.2) is 4.79 Å². The first-order valence-electron chi connectivity index (χ1n) is 10.9. The summed E-state index contributed by atoms with van der Waals surface area (Å²) >= 11 is 0. The largest absolute Gasteiger partial charge is 0.496 e. The van der Waals surface area contributed by atoms with Crippen LogP contribution in [-0.4, -0.2) is 47.5 Å². The van der Waals surface area contributed by atoms with Gasteiger partial charge in [-0.1, -0.05) is 12.1 Å². The number of benzene rings is 2. The van der Waals surface area contributed by atoms with E-state index in [4.69, 9.17) is 9.47 Å². The van der Waals surface area contributed by atoms with Gasteiger partial charge in [0.2, 0.25) is 0 Å². The Morgan fingerprint density at radius 3 is 2.52 bits per heavy atom. The van der Waals surface area contributed by atoms with Gasteiger partial charge >= 0.3 is 11.9 Å². The number of aryl methyl sites for hydroxylation is 1. The van der Waals surface area contributed by atoms with Crippen LogP contribution >= 0.6 is 0 Å². The normalized spacial score (nSPS) is 12.5. The second-order valence-electron chi connectivity index (χ2n) is 8.82. The number of methoxy groups -OCH3 is 2. The number of aromatic nitrogens is 1. The van der Waals surface area contributed by atoms with E-state index in [9.17, 15) is 19.8 Å². The third-order valence-electron chi connectivity index (χ3n) is 6.25. The van der Waals surface area contributed by atoms with Crippen LogP contribution in [0.3, 0.4) is 0 Å². The van der Waals surface area contributed by atoms with Crippen molar-refractivity contribution in [1.29, 1.82) is 0 Å². The molecule has 0 radical (unpaired) electrons. The fraction of sp³-hybridized carbons (Fsp3) is 0.385. The standard InChI is InChI=1S/C26H31NO6/c1-26(2,25(30)31)23(28)7-5-6-16-8-11-21-20(12-16)19(15-27-21)13-17-9-10-18(24(29)33-4)14-22(17)32-3/h8-12,14-15,23,27-28H,5-7,13H2,1-4H3,(H,30,31). The number of carbonyl (C=O) groups is 2. The molecule has 0 aliphatic heterocycles. The second kappa shape index (κ2) is 10.1. The number of esters is 1. The molecule has 0 saturated heterocycles. The van der Waals surface area contributed by atoms with Gasteiger partial charge in [-0.3, -0.25) is 4.79 Å². The molecule has 33 heavy (non-hydrogen) atoms. The summed E-state index contributed by atoms with van der Waals surface area (Å²) in [5, 5.41) is 20.6. The average molecular weight is 454 g/mol. The molecule has 176 valence electrons. The lowest BCUT2D eigenvalue weighted by atomic mass is 9.84. The predicted octanol–water partition coefficient (Wildman–Crippen LogP) is 4.35. The molecule has 1 heterocycles. The second-order valence-corrected chi connectivity index (χ2v) is 8.82. The van der Waals surface area contributed by atoms with Crippen molar-refractivity contribution in [2.75, 3.05) is 14.2 Å². The number of carboxylic acids is 1. The molecule has 3 rings (SSSR count). The van der Waals surface area contributed by atoms with Gasteiger partial charge in [-0.15, -0.1) is 0 Å². The molecule has 7 heteroatoms. The summed E-state index contributed by atoms with van der Waals surface area (Å²) in [6, 6.07) is 11.5. The Labute approximate surface area is 193 Å². The summed E-state index contributed by atoms with van der Waals surface area (Å²) in [7, 11) is 2.92. The highest BCUT2D eigenvalue weighted by molar-refractivity contribution is 5.90. The van der Waals surface area contributed by atoms with Gasteiger partial charge in [0.15, 0.2) is 0 Å². The summed E-state index contributed by atoms with van der Waals surface area (Å²) in [4.78, 5) is 26.4. The minimum atomic E-state index is -1.17. The number of H-pyrrole nitrogens is 1. The Balaban J connectivity index is 1.75. The van der Waals surface area contributed by atoms with Crippen LogP contribution in [0.1, 0.15) is 53.7 Å². The van der Waals surface area contributed by atoms with Crippen molar-refractivity contribution in [2.45, 2.75) is 45.6 Å². The maximum absolute atomic E-state index is 11.8. The molecular weight excluding hydrogens is 422 g/mol. The average Bonchev–Trinajstić information content (AvgIpc) is 3.20. The van der Waals surface area contributed by atoms with E-state index in [1.54, 1.807) is 33.1 Å². The van der Waals surface area contributed by atoms with Crippen molar-refractivity contribution in [1.82, 2.24) is 4.98 Å². The van der Waals surface area contributed by atoms with Crippen molar-refractivity contribution < 1.29 is 29.3 Å². The molecular formula is C26H31NO6. The van der Waals surface area contributed by atoms with E-state index in [2.05, 4.69) is 11.1 Å². The molecule has 1 atom stereocenters. The molecule has 7 nitrogen and oxygen atoms in total. The van der Waals surface area contributed by atoms with Crippen LogP contribution in [-0.2, 0) is 22.4 Å². The Bertz CT molecular complexity index is 1150. The molecule has 0 saturated carbocycles. The highest BCUT2D eigenvalue weighted by atomic mass is 16.5. The molecule has 1 unspecified atom stereocenters. The molecule has 3 aromatic rings. The zero-order valence-electron chi connectivity index (χ0n) is 19.5. The van der Waals surface area contributed by atoms with Crippen LogP contribution in [0.15, 0.2) is 42.6 Å². The molecule has 0 aliphatic carbocycles. The molecule has 0 spiro atoms. The first-order chi connectivity index (χ1) is 15.7. The van der Waals surface area contributed by atoms with Crippen LogP contribution in [0.5, 0.6) is 5.75 Å². The van der Waals surface area contributed by atoms with E-state index in [0.29, 0.717) is 30.6 Å². The minimum absolute atomic E-state index is 0.409. The fourth-order valence-corrected chi connectivity index (χ4v) is 3.87. The third-order valence-corrected chi connectivity index (χ3v) is 6.25. The van der Waals surface area contributed by atoms with Gasteiger partial charge in [0.05, 0.1) is 31.3 Å². The van der Waals surface area contributed by atoms with E-state index in [-0.39, 0.29) is 0 Å². The third kappa shape index (κ3) is 5.37. The number of fused-ring (bicyclic) bond motifs is 1.